The Morgan fingerprint density at radius 2 is 2.05 bits per heavy atom. The molecule has 20 heavy (non-hydrogen) atoms. The van der Waals surface area contributed by atoms with Crippen LogP contribution in [0.3, 0.4) is 0 Å². The molecule has 2 aromatic rings. The predicted molar refractivity (Wildman–Crippen MR) is 73.5 cm³/mol. The van der Waals surface area contributed by atoms with Crippen LogP contribution >= 0.6 is 0 Å². The standard InChI is InChI=1S/C14H17N3O3/c1-10-5-3-4-6-12(10)17(8-7-14(18)19)9-13-16-15-11(2)20-13/h3-6H,7-9H2,1-2H3,(H,18,19). The largest absolute Gasteiger partial charge is 0.481 e. The summed E-state index contributed by atoms with van der Waals surface area (Å²) in [5, 5.41) is 16.6. The fourth-order valence-electron chi connectivity index (χ4n) is 2.00. The summed E-state index contributed by atoms with van der Waals surface area (Å²) in [5.41, 5.74) is 2.05. The fraction of sp³-hybridized carbons (Fsp3) is 0.357. The normalized spacial score (nSPS) is 10.5. The second-order valence-corrected chi connectivity index (χ2v) is 4.57. The molecule has 0 aliphatic heterocycles. The molecule has 0 saturated carbocycles. The van der Waals surface area contributed by atoms with Crippen LogP contribution in [-0.2, 0) is 11.3 Å². The van der Waals surface area contributed by atoms with Gasteiger partial charge in [0.05, 0.1) is 13.0 Å². The Kier molecular flexibility index (Phi) is 4.34. The van der Waals surface area contributed by atoms with Gasteiger partial charge in [-0.3, -0.25) is 4.79 Å². The van der Waals surface area contributed by atoms with E-state index in [2.05, 4.69) is 10.2 Å². The Morgan fingerprint density at radius 3 is 2.65 bits per heavy atom. The lowest BCUT2D eigenvalue weighted by Gasteiger charge is -2.24. The van der Waals surface area contributed by atoms with Crippen molar-refractivity contribution in [2.75, 3.05) is 11.4 Å². The molecule has 0 unspecified atom stereocenters. The maximum atomic E-state index is 10.8. The number of aryl methyl sites for hydroxylation is 2. The van der Waals surface area contributed by atoms with Gasteiger partial charge in [-0.15, -0.1) is 10.2 Å². The van der Waals surface area contributed by atoms with E-state index in [-0.39, 0.29) is 6.42 Å². The minimum atomic E-state index is -0.828. The van der Waals surface area contributed by atoms with E-state index < -0.39 is 5.97 Å². The zero-order chi connectivity index (χ0) is 14.5. The topological polar surface area (TPSA) is 79.5 Å². The van der Waals surface area contributed by atoms with Gasteiger partial charge >= 0.3 is 5.97 Å². The average molecular weight is 275 g/mol. The van der Waals surface area contributed by atoms with Crippen molar-refractivity contribution >= 4 is 11.7 Å². The van der Waals surface area contributed by atoms with Crippen LogP contribution in [0.2, 0.25) is 0 Å². The van der Waals surface area contributed by atoms with Crippen molar-refractivity contribution < 1.29 is 14.3 Å². The number of hydrogen-bond donors (Lipinski definition) is 1. The molecule has 1 aromatic heterocycles. The number of carboxylic acid groups (broad SMARTS) is 1. The van der Waals surface area contributed by atoms with Crippen LogP contribution in [0.25, 0.3) is 0 Å². The highest BCUT2D eigenvalue weighted by molar-refractivity contribution is 5.68. The van der Waals surface area contributed by atoms with Gasteiger partial charge in [0, 0.05) is 19.2 Å². The van der Waals surface area contributed by atoms with Crippen LogP contribution in [-0.4, -0.2) is 27.8 Å². The molecule has 0 aliphatic carbocycles. The lowest BCUT2D eigenvalue weighted by molar-refractivity contribution is -0.136. The highest BCUT2D eigenvalue weighted by atomic mass is 16.4. The molecule has 0 aliphatic rings. The number of aromatic nitrogens is 2. The summed E-state index contributed by atoms with van der Waals surface area (Å²) in [4.78, 5) is 12.7. The van der Waals surface area contributed by atoms with Crippen LogP contribution < -0.4 is 4.90 Å². The van der Waals surface area contributed by atoms with Gasteiger partial charge in [-0.05, 0) is 18.6 Å². The molecule has 2 rings (SSSR count). The van der Waals surface area contributed by atoms with E-state index >= 15 is 0 Å². The minimum absolute atomic E-state index is 0.0570. The van der Waals surface area contributed by atoms with E-state index in [1.54, 1.807) is 6.92 Å². The number of carbonyl (C=O) groups is 1. The van der Waals surface area contributed by atoms with Gasteiger partial charge in [0.15, 0.2) is 0 Å². The molecule has 1 N–H and O–H groups in total. The summed E-state index contributed by atoms with van der Waals surface area (Å²) in [6, 6.07) is 7.82. The van der Waals surface area contributed by atoms with Crippen LogP contribution in [0.1, 0.15) is 23.8 Å². The first-order valence-corrected chi connectivity index (χ1v) is 6.37. The lowest BCUT2D eigenvalue weighted by atomic mass is 10.1. The molecule has 0 atom stereocenters. The molecule has 0 radical (unpaired) electrons. The summed E-state index contributed by atoms with van der Waals surface area (Å²) in [5.74, 6) is 0.157. The Balaban J connectivity index is 2.20. The highest BCUT2D eigenvalue weighted by Gasteiger charge is 2.14. The van der Waals surface area contributed by atoms with Crippen LogP contribution in [0, 0.1) is 13.8 Å². The summed E-state index contributed by atoms with van der Waals surface area (Å²) in [7, 11) is 0. The van der Waals surface area contributed by atoms with E-state index in [1.165, 1.54) is 0 Å². The molecule has 0 amide bonds. The van der Waals surface area contributed by atoms with E-state index in [4.69, 9.17) is 9.52 Å². The minimum Gasteiger partial charge on any atom is -0.481 e. The van der Waals surface area contributed by atoms with Gasteiger partial charge in [-0.25, -0.2) is 0 Å². The van der Waals surface area contributed by atoms with Gasteiger partial charge in [0.1, 0.15) is 0 Å². The number of nitrogens with zero attached hydrogens (tertiary/aromatic N) is 3. The highest BCUT2D eigenvalue weighted by Crippen LogP contribution is 2.21. The molecule has 1 heterocycles. The van der Waals surface area contributed by atoms with E-state index in [1.807, 2.05) is 36.1 Å². The van der Waals surface area contributed by atoms with Gasteiger partial charge in [0.2, 0.25) is 11.8 Å². The van der Waals surface area contributed by atoms with E-state index in [0.29, 0.717) is 24.9 Å². The SMILES string of the molecule is Cc1nnc(CN(CCC(=O)O)c2ccccc2C)o1. The van der Waals surface area contributed by atoms with Crippen LogP contribution in [0.15, 0.2) is 28.7 Å². The summed E-state index contributed by atoms with van der Waals surface area (Å²) in [6.45, 7) is 4.51. The van der Waals surface area contributed by atoms with E-state index in [9.17, 15) is 4.79 Å². The van der Waals surface area contributed by atoms with Gasteiger partial charge in [-0.2, -0.15) is 0 Å². The molecule has 1 aromatic carbocycles. The second kappa shape index (κ2) is 6.18. The quantitative estimate of drug-likeness (QED) is 0.870. The van der Waals surface area contributed by atoms with Gasteiger partial charge < -0.3 is 14.4 Å². The third-order valence-corrected chi connectivity index (χ3v) is 2.95. The molecular formula is C14H17N3O3. The van der Waals surface area contributed by atoms with Gasteiger partial charge in [0.25, 0.3) is 0 Å². The smallest absolute Gasteiger partial charge is 0.305 e. The van der Waals surface area contributed by atoms with Gasteiger partial charge in [-0.1, -0.05) is 18.2 Å². The number of para-hydroxylation sites is 1. The van der Waals surface area contributed by atoms with Crippen molar-refractivity contribution in [3.05, 3.63) is 41.6 Å². The molecule has 0 bridgehead atoms. The molecule has 0 spiro atoms. The summed E-state index contributed by atoms with van der Waals surface area (Å²) >= 11 is 0. The summed E-state index contributed by atoms with van der Waals surface area (Å²) < 4.78 is 5.37. The second-order valence-electron chi connectivity index (χ2n) is 4.57. The van der Waals surface area contributed by atoms with Crippen molar-refractivity contribution in [1.29, 1.82) is 0 Å². The molecule has 0 saturated heterocycles. The first kappa shape index (κ1) is 14.0. The predicted octanol–water partition coefficient (Wildman–Crippen LogP) is 2.17. The van der Waals surface area contributed by atoms with Crippen LogP contribution in [0.5, 0.6) is 0 Å². The average Bonchev–Trinajstić information content (AvgIpc) is 2.81. The number of benzene rings is 1. The monoisotopic (exact) mass is 275 g/mol. The number of aliphatic carboxylic acids is 1. The van der Waals surface area contributed by atoms with Crippen molar-refractivity contribution in [3.63, 3.8) is 0 Å². The van der Waals surface area contributed by atoms with Crippen molar-refractivity contribution in [2.45, 2.75) is 26.8 Å². The Hall–Kier alpha value is -2.37. The molecule has 106 valence electrons. The molecule has 6 heteroatoms. The van der Waals surface area contributed by atoms with E-state index in [0.717, 1.165) is 11.3 Å². The maximum absolute atomic E-state index is 10.8. The van der Waals surface area contributed by atoms with Crippen molar-refractivity contribution in [1.82, 2.24) is 10.2 Å². The first-order valence-electron chi connectivity index (χ1n) is 6.37. The molecule has 0 fully saturated rings. The Morgan fingerprint density at radius 1 is 1.30 bits per heavy atom. The zero-order valence-electron chi connectivity index (χ0n) is 11.5. The maximum Gasteiger partial charge on any atom is 0.305 e. The summed E-state index contributed by atoms with van der Waals surface area (Å²) in [6.07, 6.45) is 0.0570. The third-order valence-electron chi connectivity index (χ3n) is 2.95. The zero-order valence-corrected chi connectivity index (χ0v) is 11.5. The van der Waals surface area contributed by atoms with Crippen molar-refractivity contribution in [2.24, 2.45) is 0 Å². The fourth-order valence-corrected chi connectivity index (χ4v) is 2.00. The number of carboxylic acids is 1. The third kappa shape index (κ3) is 3.57. The van der Waals surface area contributed by atoms with Crippen LogP contribution in [0.4, 0.5) is 5.69 Å². The number of rotatable bonds is 6. The molecule has 6 nitrogen and oxygen atoms in total. The number of hydrogen-bond acceptors (Lipinski definition) is 5. The Labute approximate surface area is 117 Å². The lowest BCUT2D eigenvalue weighted by Crippen LogP contribution is -2.26. The first-order chi connectivity index (χ1) is 9.56. The van der Waals surface area contributed by atoms with Crippen molar-refractivity contribution in [3.8, 4) is 0 Å². The molecular weight excluding hydrogens is 258 g/mol. The number of anilines is 1. The Bertz CT molecular complexity index is 595.